The summed E-state index contributed by atoms with van der Waals surface area (Å²) in [7, 11) is -3.57. The summed E-state index contributed by atoms with van der Waals surface area (Å²) in [6, 6.07) is 9.83. The maximum absolute atomic E-state index is 12.7. The van der Waals surface area contributed by atoms with Crippen molar-refractivity contribution in [3.8, 4) is 0 Å². The third kappa shape index (κ3) is 5.21. The SMILES string of the molecule is C[C@@H](Sc1nncn1Cc1ccco1)C(=O)Nc1ccc(S(=O)(=O)N2CCOCC2)cc1. The molecule has 10 nitrogen and oxygen atoms in total. The molecule has 0 radical (unpaired) electrons. The second-order valence-corrected chi connectivity index (χ2v) is 10.4. The Kier molecular flexibility index (Phi) is 6.94. The van der Waals surface area contributed by atoms with E-state index in [0.29, 0.717) is 43.7 Å². The van der Waals surface area contributed by atoms with Crippen molar-refractivity contribution in [2.24, 2.45) is 0 Å². The fourth-order valence-electron chi connectivity index (χ4n) is 3.12. The van der Waals surface area contributed by atoms with Crippen LogP contribution in [0.25, 0.3) is 0 Å². The summed E-state index contributed by atoms with van der Waals surface area (Å²) in [4.78, 5) is 12.8. The number of furan rings is 1. The Hall–Kier alpha value is -2.67. The number of carbonyl (C=O) groups is 1. The number of nitrogens with one attached hydrogen (secondary N) is 1. The summed E-state index contributed by atoms with van der Waals surface area (Å²) in [5.74, 6) is 0.530. The first kappa shape index (κ1) is 22.5. The average Bonchev–Trinajstić information content (AvgIpc) is 3.47. The molecule has 1 aliphatic heterocycles. The van der Waals surface area contributed by atoms with Gasteiger partial charge in [-0.3, -0.25) is 4.79 Å². The number of hydrogen-bond donors (Lipinski definition) is 1. The molecule has 1 atom stereocenters. The lowest BCUT2D eigenvalue weighted by molar-refractivity contribution is -0.115. The second-order valence-electron chi connectivity index (χ2n) is 7.11. The van der Waals surface area contributed by atoms with Gasteiger partial charge in [-0.2, -0.15) is 4.31 Å². The van der Waals surface area contributed by atoms with Crippen molar-refractivity contribution in [2.45, 2.75) is 28.8 Å². The van der Waals surface area contributed by atoms with Crippen molar-refractivity contribution < 1.29 is 22.4 Å². The lowest BCUT2D eigenvalue weighted by Gasteiger charge is -2.26. The molecule has 170 valence electrons. The Morgan fingerprint density at radius 3 is 2.66 bits per heavy atom. The van der Waals surface area contributed by atoms with Gasteiger partial charge in [0.2, 0.25) is 15.9 Å². The van der Waals surface area contributed by atoms with Crippen molar-refractivity contribution in [2.75, 3.05) is 31.6 Å². The van der Waals surface area contributed by atoms with Gasteiger partial charge in [0.15, 0.2) is 5.16 Å². The van der Waals surface area contributed by atoms with Gasteiger partial charge in [0.05, 0.1) is 36.2 Å². The number of hydrogen-bond acceptors (Lipinski definition) is 8. The standard InChI is InChI=1S/C20H23N5O5S2/c1-15(31-20-23-21-14-24(20)13-17-3-2-10-30-17)19(26)22-16-4-6-18(7-5-16)32(27,28)25-8-11-29-12-9-25/h2-7,10,14-15H,8-9,11-13H2,1H3,(H,22,26)/t15-/m1/s1. The van der Waals surface area contributed by atoms with Crippen LogP contribution in [0.3, 0.4) is 0 Å². The van der Waals surface area contributed by atoms with Crippen molar-refractivity contribution in [1.82, 2.24) is 19.1 Å². The van der Waals surface area contributed by atoms with Crippen LogP contribution >= 0.6 is 11.8 Å². The number of aromatic nitrogens is 3. The Morgan fingerprint density at radius 1 is 1.22 bits per heavy atom. The number of rotatable bonds is 8. The van der Waals surface area contributed by atoms with Gasteiger partial charge in [0.25, 0.3) is 0 Å². The highest BCUT2D eigenvalue weighted by molar-refractivity contribution is 8.00. The van der Waals surface area contributed by atoms with Crippen LogP contribution in [0.15, 0.2) is 63.5 Å². The minimum atomic E-state index is -3.57. The first-order valence-corrected chi connectivity index (χ1v) is 12.3. The predicted molar refractivity (Wildman–Crippen MR) is 118 cm³/mol. The first-order valence-electron chi connectivity index (χ1n) is 9.99. The zero-order chi connectivity index (χ0) is 22.6. The second kappa shape index (κ2) is 9.86. The molecule has 1 fully saturated rings. The van der Waals surface area contributed by atoms with E-state index in [1.54, 1.807) is 42.3 Å². The van der Waals surface area contributed by atoms with E-state index in [4.69, 9.17) is 9.15 Å². The zero-order valence-electron chi connectivity index (χ0n) is 17.4. The molecule has 0 aliphatic carbocycles. The highest BCUT2D eigenvalue weighted by Gasteiger charge is 2.26. The van der Waals surface area contributed by atoms with E-state index in [-0.39, 0.29) is 10.8 Å². The fraction of sp³-hybridized carbons (Fsp3) is 0.350. The zero-order valence-corrected chi connectivity index (χ0v) is 19.0. The average molecular weight is 478 g/mol. The number of sulfonamides is 1. The van der Waals surface area contributed by atoms with E-state index in [1.807, 2.05) is 6.07 Å². The van der Waals surface area contributed by atoms with E-state index < -0.39 is 15.3 Å². The molecule has 2 aromatic heterocycles. The molecule has 1 saturated heterocycles. The molecule has 1 aliphatic rings. The van der Waals surface area contributed by atoms with Crippen molar-refractivity contribution in [1.29, 1.82) is 0 Å². The molecular weight excluding hydrogens is 454 g/mol. The summed E-state index contributed by atoms with van der Waals surface area (Å²) in [6.07, 6.45) is 3.18. The van der Waals surface area contributed by atoms with Crippen LogP contribution in [0.1, 0.15) is 12.7 Å². The fourth-order valence-corrected chi connectivity index (χ4v) is 5.35. The molecule has 0 spiro atoms. The predicted octanol–water partition coefficient (Wildman–Crippen LogP) is 2.06. The summed E-state index contributed by atoms with van der Waals surface area (Å²) in [6.45, 7) is 3.68. The van der Waals surface area contributed by atoms with Gasteiger partial charge >= 0.3 is 0 Å². The molecular formula is C20H23N5O5S2. The topological polar surface area (TPSA) is 120 Å². The Bertz CT molecular complexity index is 1140. The lowest BCUT2D eigenvalue weighted by Crippen LogP contribution is -2.40. The van der Waals surface area contributed by atoms with Crippen molar-refractivity contribution in [3.63, 3.8) is 0 Å². The quantitative estimate of drug-likeness (QED) is 0.490. The number of anilines is 1. The van der Waals surface area contributed by atoms with E-state index in [0.717, 1.165) is 5.76 Å². The Morgan fingerprint density at radius 2 is 1.97 bits per heavy atom. The third-order valence-electron chi connectivity index (χ3n) is 4.87. The molecule has 12 heteroatoms. The molecule has 1 N–H and O–H groups in total. The molecule has 0 saturated carbocycles. The van der Waals surface area contributed by atoms with Gasteiger partial charge in [0, 0.05) is 18.8 Å². The van der Waals surface area contributed by atoms with Gasteiger partial charge in [-0.05, 0) is 43.3 Å². The minimum Gasteiger partial charge on any atom is -0.467 e. The van der Waals surface area contributed by atoms with Gasteiger partial charge in [0.1, 0.15) is 12.1 Å². The van der Waals surface area contributed by atoms with Crippen LogP contribution < -0.4 is 5.32 Å². The maximum atomic E-state index is 12.7. The van der Waals surface area contributed by atoms with Crippen LogP contribution in [0, 0.1) is 0 Å². The number of nitrogens with zero attached hydrogens (tertiary/aromatic N) is 4. The van der Waals surface area contributed by atoms with Crippen LogP contribution in [-0.4, -0.2) is 64.9 Å². The highest BCUT2D eigenvalue weighted by atomic mass is 32.2. The summed E-state index contributed by atoms with van der Waals surface area (Å²) < 4.78 is 39.2. The van der Waals surface area contributed by atoms with Gasteiger partial charge in [-0.1, -0.05) is 11.8 Å². The summed E-state index contributed by atoms with van der Waals surface area (Å²) >= 11 is 1.27. The monoisotopic (exact) mass is 477 g/mol. The maximum Gasteiger partial charge on any atom is 0.243 e. The van der Waals surface area contributed by atoms with Gasteiger partial charge in [-0.25, -0.2) is 8.42 Å². The van der Waals surface area contributed by atoms with Gasteiger partial charge < -0.3 is 19.0 Å². The molecule has 32 heavy (non-hydrogen) atoms. The first-order chi connectivity index (χ1) is 15.4. The smallest absolute Gasteiger partial charge is 0.243 e. The summed E-state index contributed by atoms with van der Waals surface area (Å²) in [5, 5.41) is 11.0. The number of carbonyl (C=O) groups excluding carboxylic acids is 1. The van der Waals surface area contributed by atoms with Crippen LogP contribution in [0.4, 0.5) is 5.69 Å². The van der Waals surface area contributed by atoms with Gasteiger partial charge in [-0.15, -0.1) is 10.2 Å². The summed E-state index contributed by atoms with van der Waals surface area (Å²) in [5.41, 5.74) is 0.514. The normalized spacial score (nSPS) is 16.0. The molecule has 1 aromatic carbocycles. The van der Waals surface area contributed by atoms with Crippen LogP contribution in [-0.2, 0) is 26.1 Å². The largest absolute Gasteiger partial charge is 0.467 e. The van der Waals surface area contributed by atoms with E-state index in [2.05, 4.69) is 15.5 Å². The third-order valence-corrected chi connectivity index (χ3v) is 7.87. The van der Waals surface area contributed by atoms with Crippen LogP contribution in [0.2, 0.25) is 0 Å². The van der Waals surface area contributed by atoms with Crippen molar-refractivity contribution in [3.05, 3.63) is 54.7 Å². The molecule has 0 unspecified atom stereocenters. The van der Waals surface area contributed by atoms with E-state index in [9.17, 15) is 13.2 Å². The molecule has 3 heterocycles. The Balaban J connectivity index is 1.36. The lowest BCUT2D eigenvalue weighted by atomic mass is 10.3. The van der Waals surface area contributed by atoms with E-state index in [1.165, 1.54) is 28.2 Å². The number of ether oxygens (including phenoxy) is 1. The minimum absolute atomic E-state index is 0.186. The van der Waals surface area contributed by atoms with E-state index >= 15 is 0 Å². The molecule has 1 amide bonds. The number of morpholine rings is 1. The van der Waals surface area contributed by atoms with Crippen LogP contribution in [0.5, 0.6) is 0 Å². The number of benzene rings is 1. The number of amides is 1. The number of thioether (sulfide) groups is 1. The molecule has 0 bridgehead atoms. The Labute approximate surface area is 190 Å². The molecule has 3 aromatic rings. The highest BCUT2D eigenvalue weighted by Crippen LogP contribution is 2.24. The molecule has 4 rings (SSSR count). The van der Waals surface area contributed by atoms with Crippen molar-refractivity contribution >= 4 is 33.4 Å².